The average Bonchev–Trinajstić information content (AvgIpc) is 2.27. The summed E-state index contributed by atoms with van der Waals surface area (Å²) in [5, 5.41) is 8.73. The van der Waals surface area contributed by atoms with Crippen LogP contribution in [0.1, 0.15) is 24.9 Å². The second-order valence-corrected chi connectivity index (χ2v) is 3.68. The van der Waals surface area contributed by atoms with Crippen LogP contribution in [0.25, 0.3) is 0 Å². The van der Waals surface area contributed by atoms with Crippen LogP contribution in [0.15, 0.2) is 18.2 Å². The van der Waals surface area contributed by atoms with Crippen LogP contribution < -0.4 is 15.2 Å². The second-order valence-electron chi connectivity index (χ2n) is 3.68. The SMILES string of the molecule is COc1cccc(C(N)CC(=O)O)c1OC(C)=O. The molecule has 0 heterocycles. The highest BCUT2D eigenvalue weighted by atomic mass is 16.6. The van der Waals surface area contributed by atoms with Crippen molar-refractivity contribution in [1.29, 1.82) is 0 Å². The van der Waals surface area contributed by atoms with E-state index in [0.717, 1.165) is 0 Å². The van der Waals surface area contributed by atoms with Crippen molar-refractivity contribution in [1.82, 2.24) is 0 Å². The van der Waals surface area contributed by atoms with E-state index in [-0.39, 0.29) is 12.2 Å². The van der Waals surface area contributed by atoms with Crippen molar-refractivity contribution in [3.05, 3.63) is 23.8 Å². The van der Waals surface area contributed by atoms with Crippen LogP contribution in [0.3, 0.4) is 0 Å². The number of carbonyl (C=O) groups excluding carboxylic acids is 1. The molecule has 0 spiro atoms. The number of ether oxygens (including phenoxy) is 2. The van der Waals surface area contributed by atoms with Crippen LogP contribution in [0.4, 0.5) is 0 Å². The van der Waals surface area contributed by atoms with E-state index in [1.54, 1.807) is 18.2 Å². The highest BCUT2D eigenvalue weighted by Crippen LogP contribution is 2.35. The maximum atomic E-state index is 11.0. The molecular formula is C12H15NO5. The van der Waals surface area contributed by atoms with Crippen LogP contribution in [0, 0.1) is 0 Å². The zero-order chi connectivity index (χ0) is 13.7. The van der Waals surface area contributed by atoms with Crippen molar-refractivity contribution in [2.45, 2.75) is 19.4 Å². The third-order valence-corrected chi connectivity index (χ3v) is 2.27. The van der Waals surface area contributed by atoms with Crippen molar-refractivity contribution < 1.29 is 24.2 Å². The fourth-order valence-electron chi connectivity index (χ4n) is 1.54. The molecule has 0 bridgehead atoms. The summed E-state index contributed by atoms with van der Waals surface area (Å²) in [5.74, 6) is -1.05. The summed E-state index contributed by atoms with van der Waals surface area (Å²) in [6, 6.07) is 4.10. The highest BCUT2D eigenvalue weighted by Gasteiger charge is 2.19. The summed E-state index contributed by atoms with van der Waals surface area (Å²) in [4.78, 5) is 21.7. The predicted molar refractivity (Wildman–Crippen MR) is 63.5 cm³/mol. The fourth-order valence-corrected chi connectivity index (χ4v) is 1.54. The molecular weight excluding hydrogens is 238 g/mol. The van der Waals surface area contributed by atoms with Gasteiger partial charge in [0.25, 0.3) is 0 Å². The van der Waals surface area contributed by atoms with E-state index in [1.807, 2.05) is 0 Å². The summed E-state index contributed by atoms with van der Waals surface area (Å²) < 4.78 is 10.1. The van der Waals surface area contributed by atoms with Gasteiger partial charge in [-0.25, -0.2) is 0 Å². The molecule has 0 aliphatic heterocycles. The van der Waals surface area contributed by atoms with E-state index < -0.39 is 18.0 Å². The molecule has 0 aromatic heterocycles. The first kappa shape index (κ1) is 14.0. The van der Waals surface area contributed by atoms with Crippen LogP contribution >= 0.6 is 0 Å². The van der Waals surface area contributed by atoms with Crippen LogP contribution in [0.5, 0.6) is 11.5 Å². The number of esters is 1. The normalized spacial score (nSPS) is 11.7. The fraction of sp³-hybridized carbons (Fsp3) is 0.333. The van der Waals surface area contributed by atoms with Gasteiger partial charge in [0.2, 0.25) is 0 Å². The summed E-state index contributed by atoms with van der Waals surface area (Å²) in [6.07, 6.45) is -0.262. The number of benzene rings is 1. The van der Waals surface area contributed by atoms with E-state index in [0.29, 0.717) is 11.3 Å². The van der Waals surface area contributed by atoms with Crippen LogP contribution in [0.2, 0.25) is 0 Å². The molecule has 1 atom stereocenters. The number of para-hydroxylation sites is 1. The Hall–Kier alpha value is -2.08. The predicted octanol–water partition coefficient (Wildman–Crippen LogP) is 1.09. The molecule has 0 aliphatic carbocycles. The Balaban J connectivity index is 3.16. The first-order chi connectivity index (χ1) is 8.45. The lowest BCUT2D eigenvalue weighted by atomic mass is 10.0. The van der Waals surface area contributed by atoms with Gasteiger partial charge >= 0.3 is 11.9 Å². The number of carboxylic acids is 1. The third-order valence-electron chi connectivity index (χ3n) is 2.27. The van der Waals surface area contributed by atoms with Gasteiger partial charge in [-0.3, -0.25) is 9.59 Å². The first-order valence-electron chi connectivity index (χ1n) is 5.28. The topological polar surface area (TPSA) is 98.8 Å². The number of nitrogens with two attached hydrogens (primary N) is 1. The van der Waals surface area contributed by atoms with Gasteiger partial charge in [0.05, 0.1) is 13.5 Å². The minimum atomic E-state index is -1.03. The maximum Gasteiger partial charge on any atom is 0.308 e. The molecule has 0 aliphatic rings. The Bertz CT molecular complexity index is 458. The van der Waals surface area contributed by atoms with Gasteiger partial charge in [-0.05, 0) is 6.07 Å². The molecule has 0 saturated carbocycles. The minimum Gasteiger partial charge on any atom is -0.493 e. The lowest BCUT2D eigenvalue weighted by Crippen LogP contribution is -2.17. The number of hydrogen-bond donors (Lipinski definition) is 2. The van der Waals surface area contributed by atoms with E-state index >= 15 is 0 Å². The lowest BCUT2D eigenvalue weighted by Gasteiger charge is -2.16. The molecule has 6 heteroatoms. The molecule has 0 fully saturated rings. The minimum absolute atomic E-state index is 0.168. The second kappa shape index (κ2) is 6.02. The Morgan fingerprint density at radius 2 is 2.11 bits per heavy atom. The number of carbonyl (C=O) groups is 2. The van der Waals surface area contributed by atoms with Gasteiger partial charge in [0.15, 0.2) is 11.5 Å². The third kappa shape index (κ3) is 3.46. The standard InChI is InChI=1S/C12H15NO5/c1-7(14)18-12-8(9(13)6-11(15)16)4-3-5-10(12)17-2/h3-5,9H,6,13H2,1-2H3,(H,15,16). The smallest absolute Gasteiger partial charge is 0.308 e. The van der Waals surface area contributed by atoms with E-state index in [9.17, 15) is 9.59 Å². The molecule has 0 radical (unpaired) electrons. The Morgan fingerprint density at radius 1 is 1.44 bits per heavy atom. The molecule has 1 aromatic carbocycles. The van der Waals surface area contributed by atoms with Gasteiger partial charge in [-0.1, -0.05) is 12.1 Å². The average molecular weight is 253 g/mol. The molecule has 1 rings (SSSR count). The van der Waals surface area contributed by atoms with E-state index in [1.165, 1.54) is 14.0 Å². The molecule has 0 saturated heterocycles. The molecule has 1 unspecified atom stereocenters. The van der Waals surface area contributed by atoms with Crippen molar-refractivity contribution in [2.24, 2.45) is 5.73 Å². The zero-order valence-electron chi connectivity index (χ0n) is 10.2. The van der Waals surface area contributed by atoms with Gasteiger partial charge < -0.3 is 20.3 Å². The number of hydrogen-bond acceptors (Lipinski definition) is 5. The van der Waals surface area contributed by atoms with Crippen molar-refractivity contribution >= 4 is 11.9 Å². The Morgan fingerprint density at radius 3 is 2.61 bits per heavy atom. The maximum absolute atomic E-state index is 11.0. The summed E-state index contributed by atoms with van der Waals surface area (Å²) in [5.41, 5.74) is 6.19. The van der Waals surface area contributed by atoms with E-state index in [4.69, 9.17) is 20.3 Å². The van der Waals surface area contributed by atoms with Gasteiger partial charge in [-0.2, -0.15) is 0 Å². The van der Waals surface area contributed by atoms with Crippen molar-refractivity contribution in [3.63, 3.8) is 0 Å². The van der Waals surface area contributed by atoms with Gasteiger partial charge in [0, 0.05) is 18.5 Å². The summed E-state index contributed by atoms with van der Waals surface area (Å²) >= 11 is 0. The van der Waals surface area contributed by atoms with Gasteiger partial charge in [-0.15, -0.1) is 0 Å². The zero-order valence-corrected chi connectivity index (χ0v) is 10.2. The molecule has 6 nitrogen and oxygen atoms in total. The Labute approximate surface area is 104 Å². The Kier molecular flexibility index (Phi) is 4.67. The number of methoxy groups -OCH3 is 1. The van der Waals surface area contributed by atoms with Crippen molar-refractivity contribution in [2.75, 3.05) is 7.11 Å². The lowest BCUT2D eigenvalue weighted by molar-refractivity contribution is -0.137. The molecule has 3 N–H and O–H groups in total. The van der Waals surface area contributed by atoms with Crippen molar-refractivity contribution in [3.8, 4) is 11.5 Å². The molecule has 0 amide bonds. The quantitative estimate of drug-likeness (QED) is 0.602. The first-order valence-corrected chi connectivity index (χ1v) is 5.28. The van der Waals surface area contributed by atoms with Crippen LogP contribution in [-0.2, 0) is 9.59 Å². The summed E-state index contributed by atoms with van der Waals surface area (Å²) in [7, 11) is 1.43. The number of aliphatic carboxylic acids is 1. The summed E-state index contributed by atoms with van der Waals surface area (Å²) in [6.45, 7) is 1.25. The van der Waals surface area contributed by atoms with Crippen LogP contribution in [-0.4, -0.2) is 24.2 Å². The number of carboxylic acid groups (broad SMARTS) is 1. The monoisotopic (exact) mass is 253 g/mol. The molecule has 1 aromatic rings. The number of rotatable bonds is 5. The van der Waals surface area contributed by atoms with E-state index in [2.05, 4.69) is 0 Å². The largest absolute Gasteiger partial charge is 0.493 e. The molecule has 18 heavy (non-hydrogen) atoms. The highest BCUT2D eigenvalue weighted by molar-refractivity contribution is 5.72. The van der Waals surface area contributed by atoms with Gasteiger partial charge in [0.1, 0.15) is 0 Å². The molecule has 98 valence electrons.